The Morgan fingerprint density at radius 1 is 1.00 bits per heavy atom. The van der Waals surface area contributed by atoms with Crippen molar-refractivity contribution in [3.05, 3.63) is 12.8 Å². The van der Waals surface area contributed by atoms with Crippen molar-refractivity contribution < 1.29 is 9.59 Å². The van der Waals surface area contributed by atoms with Gasteiger partial charge in [-0.1, -0.05) is 6.92 Å². The van der Waals surface area contributed by atoms with Crippen LogP contribution in [0.5, 0.6) is 0 Å². The smallest absolute Gasteiger partial charge is 0.150 e. The summed E-state index contributed by atoms with van der Waals surface area (Å²) in [6.07, 6.45) is 4.27. The van der Waals surface area contributed by atoms with Gasteiger partial charge in [0, 0.05) is 11.8 Å². The van der Waals surface area contributed by atoms with Crippen molar-refractivity contribution in [3.63, 3.8) is 0 Å². The number of rotatable bonds is 5. The lowest BCUT2D eigenvalue weighted by atomic mass is 9.91. The van der Waals surface area contributed by atoms with Gasteiger partial charge in [-0.2, -0.15) is 0 Å². The first-order chi connectivity index (χ1) is 6.24. The summed E-state index contributed by atoms with van der Waals surface area (Å²) in [7, 11) is 0. The minimum Gasteiger partial charge on any atom is -0.298 e. The highest BCUT2D eigenvalue weighted by atomic mass is 16.2. The zero-order valence-electron chi connectivity index (χ0n) is 7.71. The molecule has 2 aliphatic carbocycles. The van der Waals surface area contributed by atoms with Crippen LogP contribution in [0.4, 0.5) is 0 Å². The van der Waals surface area contributed by atoms with E-state index >= 15 is 0 Å². The number of hydrogen-bond donors (Lipinski definition) is 0. The van der Waals surface area contributed by atoms with Crippen LogP contribution in [0.25, 0.3) is 0 Å². The fraction of sp³-hybridized carbons (Fsp3) is 0.636. The summed E-state index contributed by atoms with van der Waals surface area (Å²) >= 11 is 0. The van der Waals surface area contributed by atoms with Gasteiger partial charge in [-0.05, 0) is 32.1 Å². The van der Waals surface area contributed by atoms with Crippen molar-refractivity contribution in [1.82, 2.24) is 0 Å². The standard InChI is InChI=1S/C11H14O2/c1-2-9(10(12)7-3-4-7)11(13)8-5-6-8/h7-8H,1-6H2. The summed E-state index contributed by atoms with van der Waals surface area (Å²) in [5.74, 6) is 1.00. The molecule has 0 spiro atoms. The molecule has 2 fully saturated rings. The van der Waals surface area contributed by atoms with E-state index in [1.54, 1.807) is 0 Å². The average molecular weight is 178 g/mol. The van der Waals surface area contributed by atoms with Gasteiger partial charge >= 0.3 is 0 Å². The van der Waals surface area contributed by atoms with Crippen LogP contribution in [0.3, 0.4) is 0 Å². The van der Waals surface area contributed by atoms with Crippen molar-refractivity contribution >= 4 is 11.6 Å². The van der Waals surface area contributed by atoms with E-state index in [2.05, 4.69) is 6.92 Å². The van der Waals surface area contributed by atoms with Gasteiger partial charge in [-0.3, -0.25) is 9.59 Å². The Balaban J connectivity index is 1.97. The van der Waals surface area contributed by atoms with Gasteiger partial charge in [-0.15, -0.1) is 0 Å². The molecule has 0 atom stereocenters. The molecule has 0 aromatic carbocycles. The molecule has 2 radical (unpaired) electrons. The Bertz CT molecular complexity index is 212. The number of ketones is 2. The third-order valence-electron chi connectivity index (χ3n) is 2.74. The lowest BCUT2D eigenvalue weighted by Crippen LogP contribution is -2.23. The highest BCUT2D eigenvalue weighted by molar-refractivity contribution is 6.18. The maximum absolute atomic E-state index is 11.6. The maximum atomic E-state index is 11.6. The molecule has 0 heterocycles. The molecule has 0 N–H and O–H groups in total. The molecule has 2 saturated carbocycles. The van der Waals surface area contributed by atoms with Gasteiger partial charge in [0.25, 0.3) is 0 Å². The molecule has 0 bridgehead atoms. The average Bonchev–Trinajstić information content (AvgIpc) is 2.98. The van der Waals surface area contributed by atoms with Gasteiger partial charge in [-0.25, -0.2) is 0 Å². The second-order valence-electron chi connectivity index (χ2n) is 4.01. The van der Waals surface area contributed by atoms with Crippen LogP contribution in [0.1, 0.15) is 32.1 Å². The summed E-state index contributed by atoms with van der Waals surface area (Å²) in [6, 6.07) is 0. The first-order valence-corrected chi connectivity index (χ1v) is 4.97. The molecule has 13 heavy (non-hydrogen) atoms. The number of carbonyl (C=O) groups is 2. The molecule has 2 heteroatoms. The summed E-state index contributed by atoms with van der Waals surface area (Å²) in [4.78, 5) is 23.2. The molecule has 0 aromatic rings. The lowest BCUT2D eigenvalue weighted by molar-refractivity contribution is -0.125. The largest absolute Gasteiger partial charge is 0.298 e. The number of hydrogen-bond acceptors (Lipinski definition) is 2. The van der Waals surface area contributed by atoms with E-state index < -0.39 is 0 Å². The fourth-order valence-corrected chi connectivity index (χ4v) is 1.55. The van der Waals surface area contributed by atoms with Gasteiger partial charge in [0.05, 0.1) is 0 Å². The van der Waals surface area contributed by atoms with Crippen LogP contribution >= 0.6 is 0 Å². The van der Waals surface area contributed by atoms with Crippen molar-refractivity contribution in [2.45, 2.75) is 32.1 Å². The van der Waals surface area contributed by atoms with Crippen LogP contribution in [0.2, 0.25) is 0 Å². The van der Waals surface area contributed by atoms with Crippen LogP contribution in [-0.4, -0.2) is 11.6 Å². The number of Topliss-reactive ketones (excluding diaryl/α,β-unsaturated/α-hetero) is 2. The van der Waals surface area contributed by atoms with Crippen LogP contribution in [-0.2, 0) is 9.59 Å². The third kappa shape index (κ3) is 1.82. The van der Waals surface area contributed by atoms with Gasteiger partial charge in [0.15, 0.2) is 11.6 Å². The van der Waals surface area contributed by atoms with E-state index in [1.807, 2.05) is 0 Å². The Hall–Kier alpha value is -0.660. The van der Waals surface area contributed by atoms with Crippen LogP contribution in [0.15, 0.2) is 0 Å². The zero-order chi connectivity index (χ0) is 9.42. The molecule has 70 valence electrons. The molecule has 0 aromatic heterocycles. The van der Waals surface area contributed by atoms with Crippen molar-refractivity contribution in [1.29, 1.82) is 0 Å². The number of carbonyl (C=O) groups excluding carboxylic acids is 2. The van der Waals surface area contributed by atoms with Crippen molar-refractivity contribution in [2.24, 2.45) is 11.8 Å². The van der Waals surface area contributed by atoms with Crippen molar-refractivity contribution in [2.75, 3.05) is 0 Å². The minimum absolute atomic E-state index is 0.0897. The molecule has 2 rings (SSSR count). The normalized spacial score (nSPS) is 22.0. The molecule has 2 aliphatic rings. The van der Waals surface area contributed by atoms with Gasteiger partial charge in [0.2, 0.25) is 0 Å². The maximum Gasteiger partial charge on any atom is 0.150 e. The zero-order valence-corrected chi connectivity index (χ0v) is 7.71. The first kappa shape index (κ1) is 8.92. The second-order valence-corrected chi connectivity index (χ2v) is 4.01. The Labute approximate surface area is 78.7 Å². The Morgan fingerprint density at radius 2 is 1.38 bits per heavy atom. The molecule has 0 aliphatic heterocycles. The van der Waals surface area contributed by atoms with E-state index in [0.717, 1.165) is 25.7 Å². The summed E-state index contributed by atoms with van der Waals surface area (Å²) in [5.41, 5.74) is 0. The lowest BCUT2D eigenvalue weighted by Gasteiger charge is -2.09. The predicted molar refractivity (Wildman–Crippen MR) is 48.7 cm³/mol. The quantitative estimate of drug-likeness (QED) is 0.601. The molecule has 0 amide bonds. The molecule has 0 saturated heterocycles. The van der Waals surface area contributed by atoms with Crippen LogP contribution in [0, 0.1) is 24.7 Å². The van der Waals surface area contributed by atoms with E-state index in [9.17, 15) is 9.59 Å². The topological polar surface area (TPSA) is 34.1 Å². The summed E-state index contributed by atoms with van der Waals surface area (Å²) in [6.45, 7) is 3.67. The Kier molecular flexibility index (Phi) is 2.22. The monoisotopic (exact) mass is 178 g/mol. The van der Waals surface area contributed by atoms with Crippen molar-refractivity contribution in [3.8, 4) is 0 Å². The fourth-order valence-electron chi connectivity index (χ4n) is 1.55. The van der Waals surface area contributed by atoms with Gasteiger partial charge < -0.3 is 0 Å². The SMILES string of the molecule is [CH2]C[C](C(=O)C1CC1)C(=O)C1CC1. The first-order valence-electron chi connectivity index (χ1n) is 4.97. The van der Waals surface area contributed by atoms with E-state index in [-0.39, 0.29) is 23.4 Å². The Morgan fingerprint density at radius 3 is 1.62 bits per heavy atom. The molecular formula is C11H14O2. The van der Waals surface area contributed by atoms with E-state index in [4.69, 9.17) is 0 Å². The summed E-state index contributed by atoms with van der Waals surface area (Å²) in [5, 5.41) is 0. The summed E-state index contributed by atoms with van der Waals surface area (Å²) < 4.78 is 0. The highest BCUT2D eigenvalue weighted by Gasteiger charge is 2.42. The van der Waals surface area contributed by atoms with E-state index in [1.165, 1.54) is 0 Å². The van der Waals surface area contributed by atoms with E-state index in [0.29, 0.717) is 12.3 Å². The van der Waals surface area contributed by atoms with Crippen LogP contribution < -0.4 is 0 Å². The predicted octanol–water partition coefficient (Wildman–Crippen LogP) is 1.74. The molecular weight excluding hydrogens is 164 g/mol. The second kappa shape index (κ2) is 3.24. The minimum atomic E-state index is 0.0897. The molecule has 2 nitrogen and oxygen atoms in total. The third-order valence-corrected chi connectivity index (χ3v) is 2.74. The van der Waals surface area contributed by atoms with Gasteiger partial charge in [0.1, 0.15) is 5.92 Å². The highest BCUT2D eigenvalue weighted by Crippen LogP contribution is 2.39. The molecule has 0 unspecified atom stereocenters.